The van der Waals surface area contributed by atoms with Crippen LogP contribution in [0, 0.1) is 11.6 Å². The molecule has 1 aliphatic rings. The van der Waals surface area contributed by atoms with Gasteiger partial charge in [-0.1, -0.05) is 17.7 Å². The predicted octanol–water partition coefficient (Wildman–Crippen LogP) is 3.93. The van der Waals surface area contributed by atoms with Gasteiger partial charge in [-0.25, -0.2) is 13.8 Å². The molecule has 0 saturated carbocycles. The van der Waals surface area contributed by atoms with Gasteiger partial charge < -0.3 is 10.1 Å². The topological polar surface area (TPSA) is 56.1 Å². The van der Waals surface area contributed by atoms with E-state index in [1.807, 2.05) is 0 Å². The molecule has 5 nitrogen and oxygen atoms in total. The Morgan fingerprint density at radius 1 is 1.32 bits per heavy atom. The van der Waals surface area contributed by atoms with Crippen LogP contribution in [0.3, 0.4) is 0 Å². The van der Waals surface area contributed by atoms with E-state index in [-0.39, 0.29) is 44.4 Å². The summed E-state index contributed by atoms with van der Waals surface area (Å²) in [7, 11) is 1.36. The fraction of sp³-hybridized carbons (Fsp3) is 0.300. The molecule has 8 heteroatoms. The zero-order chi connectivity index (χ0) is 19.8. The lowest BCUT2D eigenvalue weighted by Crippen LogP contribution is -2.36. The van der Waals surface area contributed by atoms with Crippen LogP contribution in [-0.4, -0.2) is 29.8 Å². The summed E-state index contributed by atoms with van der Waals surface area (Å²) in [5, 5.41) is 3.23. The maximum atomic E-state index is 15.3. The molecule has 0 bridgehead atoms. The number of aromatic nitrogens is 2. The summed E-state index contributed by atoms with van der Waals surface area (Å²) in [6.45, 7) is 1.55. The normalized spacial score (nSPS) is 17.1. The van der Waals surface area contributed by atoms with Crippen molar-refractivity contribution >= 4 is 22.5 Å². The van der Waals surface area contributed by atoms with Crippen molar-refractivity contribution in [2.45, 2.75) is 18.9 Å². The van der Waals surface area contributed by atoms with E-state index in [4.69, 9.17) is 16.3 Å². The number of nitrogens with one attached hydrogen (secondary N) is 1. The molecular weight excluding hydrogens is 388 g/mol. The summed E-state index contributed by atoms with van der Waals surface area (Å²) in [5.74, 6) is -1.39. The van der Waals surface area contributed by atoms with Crippen LogP contribution in [0.1, 0.15) is 18.9 Å². The van der Waals surface area contributed by atoms with Crippen molar-refractivity contribution in [1.82, 2.24) is 14.9 Å². The van der Waals surface area contributed by atoms with Gasteiger partial charge in [-0.2, -0.15) is 0 Å². The van der Waals surface area contributed by atoms with Gasteiger partial charge in [0.2, 0.25) is 0 Å². The van der Waals surface area contributed by atoms with Gasteiger partial charge in [-0.3, -0.25) is 9.36 Å². The number of hydrogen-bond acceptors (Lipinski definition) is 4. The minimum atomic E-state index is -0.850. The fourth-order valence-electron chi connectivity index (χ4n) is 3.69. The molecule has 3 aromatic rings. The summed E-state index contributed by atoms with van der Waals surface area (Å²) < 4.78 is 36.5. The first-order valence-corrected chi connectivity index (χ1v) is 9.33. The molecule has 1 unspecified atom stereocenters. The number of methoxy groups -OCH3 is 1. The molecular formula is C20H18ClF2N3O2. The van der Waals surface area contributed by atoms with Crippen LogP contribution in [0.2, 0.25) is 5.02 Å². The molecule has 1 N–H and O–H groups in total. The lowest BCUT2D eigenvalue weighted by Gasteiger charge is -2.24. The van der Waals surface area contributed by atoms with E-state index >= 15 is 4.39 Å². The van der Waals surface area contributed by atoms with Gasteiger partial charge in [0.05, 0.1) is 35.5 Å². The summed E-state index contributed by atoms with van der Waals surface area (Å²) >= 11 is 6.30. The summed E-state index contributed by atoms with van der Waals surface area (Å²) in [6, 6.07) is 5.47. The third-order valence-electron chi connectivity index (χ3n) is 5.08. The molecule has 2 heterocycles. The first kappa shape index (κ1) is 18.8. The number of ether oxygens (including phenoxy) is 1. The van der Waals surface area contributed by atoms with Crippen molar-refractivity contribution in [1.29, 1.82) is 0 Å². The number of fused-ring (bicyclic) bond motifs is 1. The molecule has 146 valence electrons. The Kier molecular flexibility index (Phi) is 5.03. The standard InChI is InChI=1S/C20H18ClF2N3O2/c1-28-15-6-2-5-14(22)17(15)16-13(21)8-12-19(18(16)23)25-10-26(20(12)27)11-4-3-7-24-9-11/h2,5-6,8,10-11,24H,3-4,7,9H2,1H3. The largest absolute Gasteiger partial charge is 0.496 e. The van der Waals surface area contributed by atoms with Gasteiger partial charge in [0, 0.05) is 12.1 Å². The monoisotopic (exact) mass is 405 g/mol. The zero-order valence-corrected chi connectivity index (χ0v) is 15.9. The van der Waals surface area contributed by atoms with Crippen LogP contribution in [0.4, 0.5) is 8.78 Å². The molecule has 0 aliphatic carbocycles. The highest BCUT2D eigenvalue weighted by Crippen LogP contribution is 2.40. The van der Waals surface area contributed by atoms with Crippen LogP contribution >= 0.6 is 11.6 Å². The first-order valence-electron chi connectivity index (χ1n) is 8.95. The van der Waals surface area contributed by atoms with Crippen molar-refractivity contribution in [3.8, 4) is 16.9 Å². The first-order chi connectivity index (χ1) is 13.5. The Hall–Kier alpha value is -2.51. The Morgan fingerprint density at radius 3 is 2.86 bits per heavy atom. The van der Waals surface area contributed by atoms with E-state index in [9.17, 15) is 9.18 Å². The predicted molar refractivity (Wildman–Crippen MR) is 104 cm³/mol. The number of halogens is 3. The number of nitrogens with zero attached hydrogens (tertiary/aromatic N) is 2. The number of benzene rings is 2. The van der Waals surface area contributed by atoms with Crippen LogP contribution in [-0.2, 0) is 0 Å². The molecule has 2 aromatic carbocycles. The SMILES string of the molecule is COc1cccc(F)c1-c1c(Cl)cc2c(=O)n(C3CCCNC3)cnc2c1F. The summed E-state index contributed by atoms with van der Waals surface area (Å²) in [5.41, 5.74) is -0.786. The highest BCUT2D eigenvalue weighted by molar-refractivity contribution is 6.34. The lowest BCUT2D eigenvalue weighted by atomic mass is 10.0. The van der Waals surface area contributed by atoms with Crippen LogP contribution < -0.4 is 15.6 Å². The molecule has 1 fully saturated rings. The van der Waals surface area contributed by atoms with Crippen LogP contribution in [0.15, 0.2) is 35.4 Å². The van der Waals surface area contributed by atoms with E-state index in [1.165, 1.54) is 42.3 Å². The quantitative estimate of drug-likeness (QED) is 0.717. The summed E-state index contributed by atoms with van der Waals surface area (Å²) in [6.07, 6.45) is 3.12. The van der Waals surface area contributed by atoms with E-state index in [1.54, 1.807) is 0 Å². The Labute approximate surface area is 164 Å². The smallest absolute Gasteiger partial charge is 0.261 e. The van der Waals surface area contributed by atoms with E-state index in [0.717, 1.165) is 19.4 Å². The maximum absolute atomic E-state index is 15.3. The fourth-order valence-corrected chi connectivity index (χ4v) is 3.97. The number of rotatable bonds is 3. The molecule has 28 heavy (non-hydrogen) atoms. The number of piperidine rings is 1. The van der Waals surface area contributed by atoms with Crippen LogP contribution in [0.25, 0.3) is 22.0 Å². The Morgan fingerprint density at radius 2 is 2.14 bits per heavy atom. The van der Waals surface area contributed by atoms with Crippen molar-refractivity contribution < 1.29 is 13.5 Å². The third-order valence-corrected chi connectivity index (χ3v) is 5.38. The van der Waals surface area contributed by atoms with Crippen molar-refractivity contribution in [3.05, 3.63) is 57.6 Å². The van der Waals surface area contributed by atoms with Gasteiger partial charge in [0.1, 0.15) is 17.1 Å². The highest BCUT2D eigenvalue weighted by Gasteiger charge is 2.24. The van der Waals surface area contributed by atoms with Crippen molar-refractivity contribution in [2.24, 2.45) is 0 Å². The Bertz CT molecular complexity index is 1110. The molecule has 1 aromatic heterocycles. The van der Waals surface area contributed by atoms with Crippen molar-refractivity contribution in [2.75, 3.05) is 20.2 Å². The minimum Gasteiger partial charge on any atom is -0.496 e. The average molecular weight is 406 g/mol. The molecule has 1 atom stereocenters. The van der Waals surface area contributed by atoms with Gasteiger partial charge in [-0.05, 0) is 37.6 Å². The van der Waals surface area contributed by atoms with Crippen LogP contribution in [0.5, 0.6) is 5.75 Å². The van der Waals surface area contributed by atoms with Gasteiger partial charge in [-0.15, -0.1) is 0 Å². The zero-order valence-electron chi connectivity index (χ0n) is 15.1. The molecule has 0 amide bonds. The molecule has 0 radical (unpaired) electrons. The second-order valence-corrected chi connectivity index (χ2v) is 7.13. The van der Waals surface area contributed by atoms with Gasteiger partial charge in [0.15, 0.2) is 5.82 Å². The molecule has 0 spiro atoms. The molecule has 1 aliphatic heterocycles. The lowest BCUT2D eigenvalue weighted by molar-refractivity contribution is 0.362. The second kappa shape index (κ2) is 7.48. The molecule has 1 saturated heterocycles. The average Bonchev–Trinajstić information content (AvgIpc) is 2.70. The van der Waals surface area contributed by atoms with Crippen molar-refractivity contribution in [3.63, 3.8) is 0 Å². The van der Waals surface area contributed by atoms with Gasteiger partial charge >= 0.3 is 0 Å². The minimum absolute atomic E-state index is 0.0497. The second-order valence-electron chi connectivity index (χ2n) is 6.72. The van der Waals surface area contributed by atoms with E-state index in [0.29, 0.717) is 6.54 Å². The highest BCUT2D eigenvalue weighted by atomic mass is 35.5. The Balaban J connectivity index is 1.94. The van der Waals surface area contributed by atoms with E-state index in [2.05, 4.69) is 10.3 Å². The number of hydrogen-bond donors (Lipinski definition) is 1. The molecule has 4 rings (SSSR count). The van der Waals surface area contributed by atoms with E-state index < -0.39 is 11.6 Å². The maximum Gasteiger partial charge on any atom is 0.261 e. The summed E-state index contributed by atoms with van der Waals surface area (Å²) in [4.78, 5) is 17.1. The van der Waals surface area contributed by atoms with Gasteiger partial charge in [0.25, 0.3) is 5.56 Å². The third kappa shape index (κ3) is 3.04.